The second-order valence-electron chi connectivity index (χ2n) is 2.37. The zero-order valence-corrected chi connectivity index (χ0v) is 7.68. The molecule has 1 heterocycles. The standard InChI is InChI=1S/C8H8ClF2NO/c1-13-7-3-5(8(10)11)2-6(4-9)12-7/h2-3,8H,4H2,1H3. The van der Waals surface area contributed by atoms with Crippen molar-refractivity contribution in [2.45, 2.75) is 12.3 Å². The molecule has 0 fully saturated rings. The van der Waals surface area contributed by atoms with Gasteiger partial charge in [0.05, 0.1) is 18.7 Å². The molecular weight excluding hydrogens is 200 g/mol. The van der Waals surface area contributed by atoms with Gasteiger partial charge in [-0.2, -0.15) is 0 Å². The van der Waals surface area contributed by atoms with Gasteiger partial charge in [0.25, 0.3) is 6.43 Å². The van der Waals surface area contributed by atoms with Crippen LogP contribution in [0.2, 0.25) is 0 Å². The summed E-state index contributed by atoms with van der Waals surface area (Å²) in [5.74, 6) is 0.255. The van der Waals surface area contributed by atoms with Crippen molar-refractivity contribution in [3.8, 4) is 5.88 Å². The summed E-state index contributed by atoms with van der Waals surface area (Å²) < 4.78 is 29.3. The van der Waals surface area contributed by atoms with E-state index in [2.05, 4.69) is 4.98 Å². The third-order valence-corrected chi connectivity index (χ3v) is 1.75. The molecule has 0 aliphatic carbocycles. The van der Waals surface area contributed by atoms with Crippen LogP contribution >= 0.6 is 11.6 Å². The molecule has 0 bridgehead atoms. The molecule has 1 aromatic rings. The second-order valence-corrected chi connectivity index (χ2v) is 2.64. The topological polar surface area (TPSA) is 22.1 Å². The van der Waals surface area contributed by atoms with E-state index in [-0.39, 0.29) is 17.3 Å². The number of hydrogen-bond acceptors (Lipinski definition) is 2. The first-order valence-electron chi connectivity index (χ1n) is 3.56. The molecule has 0 aliphatic heterocycles. The molecule has 0 saturated carbocycles. The van der Waals surface area contributed by atoms with E-state index in [0.29, 0.717) is 5.69 Å². The van der Waals surface area contributed by atoms with Crippen LogP contribution in [0, 0.1) is 0 Å². The molecule has 13 heavy (non-hydrogen) atoms. The fourth-order valence-electron chi connectivity index (χ4n) is 0.882. The predicted octanol–water partition coefficient (Wildman–Crippen LogP) is 2.77. The van der Waals surface area contributed by atoms with Crippen molar-refractivity contribution in [1.82, 2.24) is 4.98 Å². The number of pyridine rings is 1. The highest BCUT2D eigenvalue weighted by Crippen LogP contribution is 2.23. The molecule has 72 valence electrons. The average molecular weight is 208 g/mol. The summed E-state index contributed by atoms with van der Waals surface area (Å²) in [6.45, 7) is 0. The van der Waals surface area contributed by atoms with Gasteiger partial charge in [-0.1, -0.05) is 0 Å². The Morgan fingerprint density at radius 3 is 2.69 bits per heavy atom. The summed E-state index contributed by atoms with van der Waals surface area (Å²) in [4.78, 5) is 3.87. The fraction of sp³-hybridized carbons (Fsp3) is 0.375. The highest BCUT2D eigenvalue weighted by atomic mass is 35.5. The summed E-state index contributed by atoms with van der Waals surface area (Å²) in [5.41, 5.74) is 0.263. The maximum absolute atomic E-state index is 12.3. The Balaban J connectivity index is 3.07. The first-order valence-corrected chi connectivity index (χ1v) is 4.09. The number of alkyl halides is 3. The van der Waals surface area contributed by atoms with Crippen molar-refractivity contribution < 1.29 is 13.5 Å². The Bertz CT molecular complexity index is 271. The Hall–Kier alpha value is -0.900. The lowest BCUT2D eigenvalue weighted by molar-refractivity contribution is 0.150. The highest BCUT2D eigenvalue weighted by molar-refractivity contribution is 6.16. The second kappa shape index (κ2) is 4.37. The number of ether oxygens (including phenoxy) is 1. The Kier molecular flexibility index (Phi) is 3.42. The molecular formula is C8H8ClF2NO. The van der Waals surface area contributed by atoms with Gasteiger partial charge in [-0.05, 0) is 6.07 Å². The minimum Gasteiger partial charge on any atom is -0.481 e. The number of hydrogen-bond donors (Lipinski definition) is 0. The maximum Gasteiger partial charge on any atom is 0.264 e. The molecule has 0 N–H and O–H groups in total. The number of rotatable bonds is 3. The van der Waals surface area contributed by atoms with Crippen LogP contribution in [0.15, 0.2) is 12.1 Å². The van der Waals surface area contributed by atoms with E-state index in [9.17, 15) is 8.78 Å². The van der Waals surface area contributed by atoms with Crippen LogP contribution in [0.4, 0.5) is 8.78 Å². The van der Waals surface area contributed by atoms with Crippen LogP contribution in [0.1, 0.15) is 17.7 Å². The first kappa shape index (κ1) is 10.2. The van der Waals surface area contributed by atoms with Crippen LogP contribution in [0.3, 0.4) is 0 Å². The van der Waals surface area contributed by atoms with Crippen molar-refractivity contribution in [3.63, 3.8) is 0 Å². The van der Waals surface area contributed by atoms with Gasteiger partial charge in [0.1, 0.15) is 0 Å². The summed E-state index contributed by atoms with van der Waals surface area (Å²) in [5, 5.41) is 0. The van der Waals surface area contributed by atoms with E-state index in [1.807, 2.05) is 0 Å². The average Bonchev–Trinajstić information content (AvgIpc) is 2.16. The zero-order valence-electron chi connectivity index (χ0n) is 6.93. The smallest absolute Gasteiger partial charge is 0.264 e. The number of aromatic nitrogens is 1. The quantitative estimate of drug-likeness (QED) is 0.711. The molecule has 0 radical (unpaired) electrons. The summed E-state index contributed by atoms with van der Waals surface area (Å²) in [6, 6.07) is 2.46. The minimum absolute atomic E-state index is 0.0942. The van der Waals surface area contributed by atoms with Crippen LogP contribution in [-0.2, 0) is 5.88 Å². The molecule has 0 unspecified atom stereocenters. The lowest BCUT2D eigenvalue weighted by Crippen LogP contribution is -1.95. The highest BCUT2D eigenvalue weighted by Gasteiger charge is 2.10. The molecule has 1 aromatic heterocycles. The van der Waals surface area contributed by atoms with E-state index in [4.69, 9.17) is 16.3 Å². The maximum atomic E-state index is 12.3. The van der Waals surface area contributed by atoms with Crippen molar-refractivity contribution in [1.29, 1.82) is 0 Å². The van der Waals surface area contributed by atoms with Crippen LogP contribution < -0.4 is 4.74 Å². The molecule has 0 spiro atoms. The van der Waals surface area contributed by atoms with E-state index in [0.717, 1.165) is 0 Å². The van der Waals surface area contributed by atoms with Gasteiger partial charge < -0.3 is 4.74 Å². The third-order valence-electron chi connectivity index (χ3n) is 1.48. The van der Waals surface area contributed by atoms with Crippen molar-refractivity contribution in [2.75, 3.05) is 7.11 Å². The predicted molar refractivity (Wildman–Crippen MR) is 45.3 cm³/mol. The molecule has 5 heteroatoms. The SMILES string of the molecule is COc1cc(C(F)F)cc(CCl)n1. The normalized spacial score (nSPS) is 10.5. The minimum atomic E-state index is -2.53. The van der Waals surface area contributed by atoms with Gasteiger partial charge in [-0.3, -0.25) is 0 Å². The van der Waals surface area contributed by atoms with Gasteiger partial charge in [-0.15, -0.1) is 11.6 Å². The van der Waals surface area contributed by atoms with Crippen LogP contribution in [0.5, 0.6) is 5.88 Å². The summed E-state index contributed by atoms with van der Waals surface area (Å²) >= 11 is 5.47. The van der Waals surface area contributed by atoms with Crippen LogP contribution in [-0.4, -0.2) is 12.1 Å². The van der Waals surface area contributed by atoms with Crippen molar-refractivity contribution in [3.05, 3.63) is 23.4 Å². The largest absolute Gasteiger partial charge is 0.481 e. The molecule has 0 amide bonds. The van der Waals surface area contributed by atoms with Gasteiger partial charge >= 0.3 is 0 Å². The van der Waals surface area contributed by atoms with Gasteiger partial charge in [0, 0.05) is 11.6 Å². The summed E-state index contributed by atoms with van der Waals surface area (Å²) in [7, 11) is 1.37. The molecule has 0 aliphatic rings. The molecule has 1 rings (SSSR count). The molecule has 0 atom stereocenters. The Morgan fingerprint density at radius 2 is 2.23 bits per heavy atom. The monoisotopic (exact) mass is 207 g/mol. The lowest BCUT2D eigenvalue weighted by atomic mass is 10.2. The summed E-state index contributed by atoms with van der Waals surface area (Å²) in [6.07, 6.45) is -2.53. The zero-order chi connectivity index (χ0) is 9.84. The fourth-order valence-corrected chi connectivity index (χ4v) is 1.02. The number of halogens is 3. The molecule has 2 nitrogen and oxygen atoms in total. The third kappa shape index (κ3) is 2.52. The van der Waals surface area contributed by atoms with E-state index in [1.54, 1.807) is 0 Å². The van der Waals surface area contributed by atoms with Gasteiger partial charge in [0.15, 0.2) is 0 Å². The van der Waals surface area contributed by atoms with Crippen molar-refractivity contribution in [2.24, 2.45) is 0 Å². The van der Waals surface area contributed by atoms with Crippen molar-refractivity contribution >= 4 is 11.6 Å². The molecule has 0 aromatic carbocycles. The van der Waals surface area contributed by atoms with Crippen LogP contribution in [0.25, 0.3) is 0 Å². The Morgan fingerprint density at radius 1 is 1.54 bits per heavy atom. The number of nitrogens with zero attached hydrogens (tertiary/aromatic N) is 1. The Labute approximate surface area is 79.5 Å². The van der Waals surface area contributed by atoms with E-state index in [1.165, 1.54) is 19.2 Å². The van der Waals surface area contributed by atoms with E-state index < -0.39 is 6.43 Å². The lowest BCUT2D eigenvalue weighted by Gasteiger charge is -2.05. The first-order chi connectivity index (χ1) is 6.17. The van der Waals surface area contributed by atoms with E-state index >= 15 is 0 Å². The number of methoxy groups -OCH3 is 1. The van der Waals surface area contributed by atoms with Gasteiger partial charge in [0.2, 0.25) is 5.88 Å². The molecule has 0 saturated heterocycles. The van der Waals surface area contributed by atoms with Gasteiger partial charge in [-0.25, -0.2) is 13.8 Å².